The molecule has 1 aromatic rings. The van der Waals surface area contributed by atoms with Crippen molar-refractivity contribution in [3.8, 4) is 0 Å². The third-order valence-corrected chi connectivity index (χ3v) is 1.49. The number of hydrogen-bond donors (Lipinski definition) is 1. The molecule has 1 amide bonds. The van der Waals surface area contributed by atoms with E-state index in [4.69, 9.17) is 0 Å². The van der Waals surface area contributed by atoms with Crippen LogP contribution in [0.1, 0.15) is 6.92 Å². The van der Waals surface area contributed by atoms with Crippen LogP contribution in [0, 0.1) is 12.8 Å². The molecule has 2 nitrogen and oxygen atoms in total. The van der Waals surface area contributed by atoms with Crippen molar-refractivity contribution in [3.05, 3.63) is 37.3 Å². The standard InChI is InChI=1S/C10H12NO/c1-8(2)10(12)11-9-6-4-3-5-7-9/h3-8H,1H2,2H3,(H,11,12)/t8-/m0/s1. The van der Waals surface area contributed by atoms with Gasteiger partial charge in [-0.25, -0.2) is 0 Å². The maximum absolute atomic E-state index is 11.1. The molecule has 0 fully saturated rings. The van der Waals surface area contributed by atoms with Crippen molar-refractivity contribution in [2.75, 3.05) is 5.32 Å². The maximum atomic E-state index is 11.1. The summed E-state index contributed by atoms with van der Waals surface area (Å²) in [4.78, 5) is 11.1. The van der Waals surface area contributed by atoms with Gasteiger partial charge in [0.25, 0.3) is 0 Å². The molecule has 1 atom stereocenters. The zero-order valence-electron chi connectivity index (χ0n) is 7.08. The number of benzene rings is 1. The van der Waals surface area contributed by atoms with Gasteiger partial charge in [0.15, 0.2) is 0 Å². The molecule has 0 bridgehead atoms. The van der Waals surface area contributed by atoms with Gasteiger partial charge in [0.1, 0.15) is 0 Å². The summed E-state index contributed by atoms with van der Waals surface area (Å²) >= 11 is 0. The van der Waals surface area contributed by atoms with Gasteiger partial charge in [-0.1, -0.05) is 25.1 Å². The predicted octanol–water partition coefficient (Wildman–Crippen LogP) is 2.10. The SMILES string of the molecule is [CH2][C@@H](C)C(=O)Nc1ccccc1. The van der Waals surface area contributed by atoms with Crippen LogP contribution in [0.25, 0.3) is 0 Å². The highest BCUT2D eigenvalue weighted by molar-refractivity contribution is 5.92. The minimum Gasteiger partial charge on any atom is -0.326 e. The lowest BCUT2D eigenvalue weighted by molar-refractivity contribution is -0.118. The van der Waals surface area contributed by atoms with E-state index in [2.05, 4.69) is 12.2 Å². The fraction of sp³-hybridized carbons (Fsp3) is 0.200. The number of rotatable bonds is 2. The molecule has 2 heteroatoms. The monoisotopic (exact) mass is 162 g/mol. The lowest BCUT2D eigenvalue weighted by atomic mass is 10.2. The zero-order chi connectivity index (χ0) is 8.97. The summed E-state index contributed by atoms with van der Waals surface area (Å²) < 4.78 is 0. The molecule has 1 rings (SSSR count). The van der Waals surface area contributed by atoms with E-state index in [1.807, 2.05) is 30.3 Å². The Hall–Kier alpha value is -1.31. The summed E-state index contributed by atoms with van der Waals surface area (Å²) in [5, 5.41) is 2.74. The quantitative estimate of drug-likeness (QED) is 0.708. The number of amides is 1. The van der Waals surface area contributed by atoms with Gasteiger partial charge in [0, 0.05) is 11.6 Å². The summed E-state index contributed by atoms with van der Waals surface area (Å²) in [6, 6.07) is 9.36. The van der Waals surface area contributed by atoms with Gasteiger partial charge in [0.05, 0.1) is 0 Å². The summed E-state index contributed by atoms with van der Waals surface area (Å²) in [5.74, 6) is -0.272. The number of para-hydroxylation sites is 1. The van der Waals surface area contributed by atoms with Crippen LogP contribution < -0.4 is 5.32 Å². The summed E-state index contributed by atoms with van der Waals surface area (Å²) in [6.45, 7) is 5.38. The fourth-order valence-electron chi connectivity index (χ4n) is 0.787. The molecule has 0 heterocycles. The van der Waals surface area contributed by atoms with Crippen LogP contribution in [0.2, 0.25) is 0 Å². The van der Waals surface area contributed by atoms with Crippen LogP contribution in [0.3, 0.4) is 0 Å². The molecule has 1 aromatic carbocycles. The van der Waals surface area contributed by atoms with E-state index in [-0.39, 0.29) is 11.8 Å². The number of carbonyl (C=O) groups excluding carboxylic acids is 1. The lowest BCUT2D eigenvalue weighted by Gasteiger charge is -2.06. The van der Waals surface area contributed by atoms with Gasteiger partial charge >= 0.3 is 0 Å². The Kier molecular flexibility index (Phi) is 2.86. The third kappa shape index (κ3) is 2.38. The van der Waals surface area contributed by atoms with E-state index < -0.39 is 0 Å². The Bertz CT molecular complexity index is 254. The van der Waals surface area contributed by atoms with Crippen molar-refractivity contribution in [2.24, 2.45) is 5.92 Å². The van der Waals surface area contributed by atoms with Gasteiger partial charge in [-0.15, -0.1) is 0 Å². The third-order valence-electron chi connectivity index (χ3n) is 1.49. The molecule has 0 saturated heterocycles. The number of hydrogen-bond acceptors (Lipinski definition) is 1. The fourth-order valence-corrected chi connectivity index (χ4v) is 0.787. The van der Waals surface area contributed by atoms with E-state index >= 15 is 0 Å². The second kappa shape index (κ2) is 3.90. The van der Waals surface area contributed by atoms with E-state index in [0.29, 0.717) is 0 Å². The number of nitrogens with one attached hydrogen (secondary N) is 1. The van der Waals surface area contributed by atoms with E-state index in [0.717, 1.165) is 5.69 Å². The van der Waals surface area contributed by atoms with Crippen molar-refractivity contribution in [1.82, 2.24) is 0 Å². The molecular formula is C10H12NO. The summed E-state index contributed by atoms with van der Waals surface area (Å²) in [5.41, 5.74) is 0.818. The molecule has 0 spiro atoms. The molecule has 0 unspecified atom stereocenters. The van der Waals surface area contributed by atoms with E-state index in [1.165, 1.54) is 0 Å². The Labute approximate surface area is 72.6 Å². The molecule has 1 radical (unpaired) electrons. The van der Waals surface area contributed by atoms with Gasteiger partial charge < -0.3 is 5.32 Å². The largest absolute Gasteiger partial charge is 0.326 e. The minimum absolute atomic E-state index is 0.0544. The van der Waals surface area contributed by atoms with Crippen LogP contribution in [-0.4, -0.2) is 5.91 Å². The smallest absolute Gasteiger partial charge is 0.227 e. The first-order chi connectivity index (χ1) is 5.70. The first-order valence-electron chi connectivity index (χ1n) is 3.89. The highest BCUT2D eigenvalue weighted by Crippen LogP contribution is 2.06. The van der Waals surface area contributed by atoms with Crippen LogP contribution in [0.4, 0.5) is 5.69 Å². The van der Waals surface area contributed by atoms with Crippen molar-refractivity contribution < 1.29 is 4.79 Å². The van der Waals surface area contributed by atoms with Crippen LogP contribution >= 0.6 is 0 Å². The van der Waals surface area contributed by atoms with Crippen molar-refractivity contribution in [3.63, 3.8) is 0 Å². The van der Waals surface area contributed by atoms with E-state index in [1.54, 1.807) is 6.92 Å². The van der Waals surface area contributed by atoms with Gasteiger partial charge in [-0.05, 0) is 19.1 Å². The molecule has 0 aliphatic carbocycles. The zero-order valence-corrected chi connectivity index (χ0v) is 7.08. The first-order valence-corrected chi connectivity index (χ1v) is 3.89. The second-order valence-corrected chi connectivity index (χ2v) is 2.76. The van der Waals surface area contributed by atoms with Gasteiger partial charge in [-0.3, -0.25) is 4.79 Å². The van der Waals surface area contributed by atoms with Gasteiger partial charge in [-0.2, -0.15) is 0 Å². The number of anilines is 1. The highest BCUT2D eigenvalue weighted by atomic mass is 16.1. The lowest BCUT2D eigenvalue weighted by Crippen LogP contribution is -2.17. The van der Waals surface area contributed by atoms with Crippen molar-refractivity contribution in [1.29, 1.82) is 0 Å². The average Bonchev–Trinajstić information content (AvgIpc) is 2.06. The Morgan fingerprint density at radius 2 is 2.00 bits per heavy atom. The Morgan fingerprint density at radius 1 is 1.42 bits per heavy atom. The van der Waals surface area contributed by atoms with Crippen molar-refractivity contribution in [2.45, 2.75) is 6.92 Å². The molecule has 0 saturated carbocycles. The van der Waals surface area contributed by atoms with Crippen LogP contribution in [0.15, 0.2) is 30.3 Å². The molecule has 1 N–H and O–H groups in total. The molecule has 0 aliphatic rings. The second-order valence-electron chi connectivity index (χ2n) is 2.76. The predicted molar refractivity (Wildman–Crippen MR) is 49.6 cm³/mol. The molecular weight excluding hydrogens is 150 g/mol. The molecule has 0 aliphatic heterocycles. The van der Waals surface area contributed by atoms with E-state index in [9.17, 15) is 4.79 Å². The normalized spacial score (nSPS) is 9.92. The Balaban J connectivity index is 2.59. The first kappa shape index (κ1) is 8.78. The van der Waals surface area contributed by atoms with Gasteiger partial charge in [0.2, 0.25) is 5.91 Å². The van der Waals surface area contributed by atoms with Crippen LogP contribution in [0.5, 0.6) is 0 Å². The van der Waals surface area contributed by atoms with Crippen molar-refractivity contribution >= 4 is 11.6 Å². The average molecular weight is 162 g/mol. The highest BCUT2D eigenvalue weighted by Gasteiger charge is 2.05. The minimum atomic E-state index is -0.217. The topological polar surface area (TPSA) is 29.1 Å². The summed E-state index contributed by atoms with van der Waals surface area (Å²) in [7, 11) is 0. The Morgan fingerprint density at radius 3 is 2.50 bits per heavy atom. The maximum Gasteiger partial charge on any atom is 0.227 e. The molecule has 63 valence electrons. The number of carbonyl (C=O) groups is 1. The molecule has 12 heavy (non-hydrogen) atoms. The van der Waals surface area contributed by atoms with Crippen LogP contribution in [-0.2, 0) is 4.79 Å². The summed E-state index contributed by atoms with van der Waals surface area (Å²) in [6.07, 6.45) is 0. The molecule has 0 aromatic heterocycles.